The summed E-state index contributed by atoms with van der Waals surface area (Å²) in [5.74, 6) is 0. The Morgan fingerprint density at radius 1 is 1.38 bits per heavy atom. The zero-order chi connectivity index (χ0) is 12.1. The van der Waals surface area contributed by atoms with Crippen molar-refractivity contribution in [3.05, 3.63) is 17.0 Å². The van der Waals surface area contributed by atoms with E-state index >= 15 is 0 Å². The molecule has 0 fully saturated rings. The Hall–Kier alpha value is -0.830. The van der Waals surface area contributed by atoms with Crippen LogP contribution in [-0.4, -0.2) is 22.4 Å². The van der Waals surface area contributed by atoms with Crippen molar-refractivity contribution in [3.63, 3.8) is 0 Å². The summed E-state index contributed by atoms with van der Waals surface area (Å²) in [4.78, 5) is 0. The normalized spacial score (nSPS) is 13.1. The van der Waals surface area contributed by atoms with E-state index in [0.29, 0.717) is 6.04 Å². The molecule has 0 amide bonds. The van der Waals surface area contributed by atoms with Gasteiger partial charge in [0.25, 0.3) is 0 Å². The minimum atomic E-state index is 0.635. The van der Waals surface area contributed by atoms with Crippen LogP contribution >= 0.6 is 0 Å². The third-order valence-electron chi connectivity index (χ3n) is 3.37. The number of nitrogens with one attached hydrogen (secondary N) is 1. The second-order valence-corrected chi connectivity index (χ2v) is 4.64. The van der Waals surface area contributed by atoms with E-state index in [2.05, 4.69) is 38.1 Å². The maximum absolute atomic E-state index is 4.44. The van der Waals surface area contributed by atoms with Gasteiger partial charge in [-0.2, -0.15) is 5.10 Å². The molecule has 92 valence electrons. The summed E-state index contributed by atoms with van der Waals surface area (Å²) < 4.78 is 1.98. The summed E-state index contributed by atoms with van der Waals surface area (Å²) in [5, 5.41) is 7.96. The monoisotopic (exact) mass is 223 g/mol. The molecule has 0 bridgehead atoms. The van der Waals surface area contributed by atoms with Crippen molar-refractivity contribution in [2.75, 3.05) is 6.54 Å². The first kappa shape index (κ1) is 13.2. The van der Waals surface area contributed by atoms with Gasteiger partial charge < -0.3 is 5.32 Å². The largest absolute Gasteiger partial charge is 0.314 e. The molecule has 0 spiro atoms. The van der Waals surface area contributed by atoms with E-state index in [4.69, 9.17) is 0 Å². The van der Waals surface area contributed by atoms with Crippen molar-refractivity contribution < 1.29 is 0 Å². The lowest BCUT2D eigenvalue weighted by Crippen LogP contribution is -2.26. The van der Waals surface area contributed by atoms with Gasteiger partial charge in [0.15, 0.2) is 0 Å². The summed E-state index contributed by atoms with van der Waals surface area (Å²) >= 11 is 0. The fourth-order valence-corrected chi connectivity index (χ4v) is 1.94. The second kappa shape index (κ2) is 6.04. The second-order valence-electron chi connectivity index (χ2n) is 4.64. The highest BCUT2D eigenvalue weighted by Gasteiger charge is 2.08. The van der Waals surface area contributed by atoms with Gasteiger partial charge in [-0.15, -0.1) is 0 Å². The lowest BCUT2D eigenvalue weighted by molar-refractivity contribution is 0.524. The molecule has 0 aliphatic carbocycles. The molecule has 1 unspecified atom stereocenters. The topological polar surface area (TPSA) is 29.9 Å². The van der Waals surface area contributed by atoms with E-state index in [1.54, 1.807) is 0 Å². The van der Waals surface area contributed by atoms with Crippen molar-refractivity contribution >= 4 is 0 Å². The summed E-state index contributed by atoms with van der Waals surface area (Å²) in [6.45, 7) is 9.80. The van der Waals surface area contributed by atoms with E-state index < -0.39 is 0 Å². The lowest BCUT2D eigenvalue weighted by Gasteiger charge is -2.10. The predicted octanol–water partition coefficient (Wildman–Crippen LogP) is 2.36. The van der Waals surface area contributed by atoms with Crippen molar-refractivity contribution in [2.45, 2.75) is 53.0 Å². The van der Waals surface area contributed by atoms with Crippen LogP contribution in [0.5, 0.6) is 0 Å². The van der Waals surface area contributed by atoms with Crippen LogP contribution in [0.1, 0.15) is 43.6 Å². The average Bonchev–Trinajstić information content (AvgIpc) is 2.49. The number of aromatic nitrogens is 2. The van der Waals surface area contributed by atoms with Crippen molar-refractivity contribution in [3.8, 4) is 0 Å². The van der Waals surface area contributed by atoms with E-state index in [1.165, 1.54) is 29.8 Å². The first-order valence-electron chi connectivity index (χ1n) is 6.28. The summed E-state index contributed by atoms with van der Waals surface area (Å²) in [7, 11) is 2.02. The summed E-state index contributed by atoms with van der Waals surface area (Å²) in [5.41, 5.74) is 3.91. The van der Waals surface area contributed by atoms with Crippen molar-refractivity contribution in [2.24, 2.45) is 7.05 Å². The van der Waals surface area contributed by atoms with Gasteiger partial charge in [0.2, 0.25) is 0 Å². The fourth-order valence-electron chi connectivity index (χ4n) is 1.94. The minimum absolute atomic E-state index is 0.635. The molecule has 1 atom stereocenters. The Morgan fingerprint density at radius 3 is 2.56 bits per heavy atom. The summed E-state index contributed by atoms with van der Waals surface area (Å²) in [6.07, 6.45) is 3.53. The van der Waals surface area contributed by atoms with Crippen LogP contribution in [0.2, 0.25) is 0 Å². The Labute approximate surface area is 99.2 Å². The first-order valence-corrected chi connectivity index (χ1v) is 6.28. The van der Waals surface area contributed by atoms with Crippen LogP contribution in [-0.2, 0) is 13.5 Å². The third kappa shape index (κ3) is 3.34. The van der Waals surface area contributed by atoms with Gasteiger partial charge in [0.05, 0.1) is 5.69 Å². The molecule has 0 saturated heterocycles. The molecule has 3 nitrogen and oxygen atoms in total. The van der Waals surface area contributed by atoms with Crippen molar-refractivity contribution in [1.82, 2.24) is 15.1 Å². The molecular formula is C13H25N3. The van der Waals surface area contributed by atoms with Gasteiger partial charge in [0.1, 0.15) is 0 Å². The van der Waals surface area contributed by atoms with Crippen molar-refractivity contribution in [1.29, 1.82) is 0 Å². The van der Waals surface area contributed by atoms with Crippen LogP contribution in [0.3, 0.4) is 0 Å². The average molecular weight is 223 g/mol. The third-order valence-corrected chi connectivity index (χ3v) is 3.37. The number of rotatable bonds is 6. The smallest absolute Gasteiger partial charge is 0.0628 e. The van der Waals surface area contributed by atoms with E-state index in [0.717, 1.165) is 13.0 Å². The van der Waals surface area contributed by atoms with Gasteiger partial charge in [-0.25, -0.2) is 0 Å². The predicted molar refractivity (Wildman–Crippen MR) is 68.8 cm³/mol. The highest BCUT2D eigenvalue weighted by Crippen LogP contribution is 2.13. The number of aryl methyl sites for hydroxylation is 2. The molecule has 3 heteroatoms. The Morgan fingerprint density at radius 2 is 2.06 bits per heavy atom. The first-order chi connectivity index (χ1) is 7.56. The highest BCUT2D eigenvalue weighted by atomic mass is 15.3. The van der Waals surface area contributed by atoms with Gasteiger partial charge in [-0.3, -0.25) is 4.68 Å². The van der Waals surface area contributed by atoms with E-state index in [1.807, 2.05) is 11.7 Å². The number of hydrogen-bond donors (Lipinski definition) is 1. The van der Waals surface area contributed by atoms with E-state index in [-0.39, 0.29) is 0 Å². The standard InChI is InChI=1S/C13H25N3/c1-6-10(2)14-9-7-8-13-11(3)15-16(5)12(13)4/h10,14H,6-9H2,1-5H3. The van der Waals surface area contributed by atoms with Gasteiger partial charge >= 0.3 is 0 Å². The van der Waals surface area contributed by atoms with Crippen LogP contribution in [0, 0.1) is 13.8 Å². The molecule has 0 aliphatic rings. The number of nitrogens with zero attached hydrogens (tertiary/aromatic N) is 2. The van der Waals surface area contributed by atoms with Crippen LogP contribution in [0.25, 0.3) is 0 Å². The zero-order valence-corrected chi connectivity index (χ0v) is 11.3. The quantitative estimate of drug-likeness (QED) is 0.750. The SMILES string of the molecule is CCC(C)NCCCc1c(C)nn(C)c1C. The Bertz CT molecular complexity index is 328. The summed E-state index contributed by atoms with van der Waals surface area (Å²) in [6, 6.07) is 0.635. The number of hydrogen-bond acceptors (Lipinski definition) is 2. The molecule has 0 saturated carbocycles. The molecule has 0 aliphatic heterocycles. The zero-order valence-electron chi connectivity index (χ0n) is 11.3. The molecule has 0 aromatic carbocycles. The Kier molecular flexibility index (Phi) is 5.00. The maximum Gasteiger partial charge on any atom is 0.0628 e. The Balaban J connectivity index is 2.37. The highest BCUT2D eigenvalue weighted by molar-refractivity contribution is 5.24. The molecule has 1 rings (SSSR count). The minimum Gasteiger partial charge on any atom is -0.314 e. The molecule has 1 aromatic rings. The molecule has 1 aromatic heterocycles. The lowest BCUT2D eigenvalue weighted by atomic mass is 10.1. The van der Waals surface area contributed by atoms with Crippen LogP contribution in [0.15, 0.2) is 0 Å². The molecule has 0 radical (unpaired) electrons. The fraction of sp³-hybridized carbons (Fsp3) is 0.769. The molecule has 16 heavy (non-hydrogen) atoms. The van der Waals surface area contributed by atoms with Crippen LogP contribution < -0.4 is 5.32 Å². The maximum atomic E-state index is 4.44. The van der Waals surface area contributed by atoms with Crippen LogP contribution in [0.4, 0.5) is 0 Å². The van der Waals surface area contributed by atoms with Gasteiger partial charge in [-0.05, 0) is 52.1 Å². The molecule has 1 N–H and O–H groups in total. The molecule has 1 heterocycles. The van der Waals surface area contributed by atoms with Gasteiger partial charge in [-0.1, -0.05) is 6.92 Å². The van der Waals surface area contributed by atoms with E-state index in [9.17, 15) is 0 Å². The molecular weight excluding hydrogens is 198 g/mol. The van der Waals surface area contributed by atoms with Gasteiger partial charge in [0, 0.05) is 18.8 Å².